The first-order chi connectivity index (χ1) is 6.77. The normalized spacial score (nSPS) is 42.4. The van der Waals surface area contributed by atoms with Gasteiger partial charge in [-0.25, -0.2) is 4.39 Å². The maximum absolute atomic E-state index is 13.9. The van der Waals surface area contributed by atoms with E-state index in [1.54, 1.807) is 0 Å². The predicted octanol–water partition coefficient (Wildman–Crippen LogP) is -0.184. The van der Waals surface area contributed by atoms with Crippen molar-refractivity contribution in [2.45, 2.75) is 31.1 Å². The molecule has 0 aromatic carbocycles. The molecule has 1 aliphatic carbocycles. The number of hydrogen-bond acceptors (Lipinski definition) is 3. The lowest BCUT2D eigenvalue weighted by atomic mass is 9.70. The minimum atomic E-state index is -0.844. The van der Waals surface area contributed by atoms with Gasteiger partial charge >= 0.3 is 0 Å². The summed E-state index contributed by atoms with van der Waals surface area (Å²) >= 11 is 0. The van der Waals surface area contributed by atoms with Crippen LogP contribution >= 0.6 is 0 Å². The molecule has 4 atom stereocenters. The summed E-state index contributed by atoms with van der Waals surface area (Å²) in [4.78, 5) is 12.2. The quantitative estimate of drug-likeness (QED) is 0.503. The summed E-state index contributed by atoms with van der Waals surface area (Å²) in [5.41, 5.74) is 0. The van der Waals surface area contributed by atoms with E-state index in [4.69, 9.17) is 0 Å². The summed E-state index contributed by atoms with van der Waals surface area (Å²) in [6.07, 6.45) is 1.85. The predicted molar refractivity (Wildman–Crippen MR) is 53.5 cm³/mol. The molecule has 0 aromatic heterocycles. The van der Waals surface area contributed by atoms with E-state index in [2.05, 4.69) is 5.32 Å². The van der Waals surface area contributed by atoms with Gasteiger partial charge in [-0.1, -0.05) is 0 Å². The Hall–Kier alpha value is -0.415. The van der Waals surface area contributed by atoms with Crippen molar-refractivity contribution in [3.05, 3.63) is 0 Å². The number of halogens is 1. The van der Waals surface area contributed by atoms with Crippen LogP contribution < -0.4 is 5.32 Å². The Bertz CT molecular complexity index is 227. The van der Waals surface area contributed by atoms with Gasteiger partial charge < -0.3 is 14.9 Å². The van der Waals surface area contributed by atoms with Crippen LogP contribution in [0.1, 0.15) is 12.8 Å². The molecule has 14 heavy (non-hydrogen) atoms. The lowest BCUT2D eigenvalue weighted by molar-refractivity contribution is 0.00339. The van der Waals surface area contributed by atoms with Crippen molar-refractivity contribution in [1.82, 2.24) is 10.1 Å². The van der Waals surface area contributed by atoms with E-state index in [1.807, 2.05) is 11.9 Å². The molecular formula is C9H15BFN2O. The highest BCUT2D eigenvalue weighted by Crippen LogP contribution is 2.36. The number of carbonyl (C=O) groups is 1. The van der Waals surface area contributed by atoms with Gasteiger partial charge in [-0.3, -0.25) is 0 Å². The number of nitrogens with zero attached hydrogens (tertiary/aromatic N) is 1. The van der Waals surface area contributed by atoms with Gasteiger partial charge in [0.1, 0.15) is 6.17 Å². The van der Waals surface area contributed by atoms with E-state index in [0.29, 0.717) is 5.92 Å². The zero-order chi connectivity index (χ0) is 10.1. The Kier molecular flexibility index (Phi) is 2.88. The molecule has 3 nitrogen and oxygen atoms in total. The standard InChI is InChI=1S/C9H15BFN2O/c1-12-9-6-2-3-7(8(9)11)13(4-6)10-5-14/h5-9,12H,2-4H2,1H3/t6?,7?,8-,9+/m0/s1. The maximum atomic E-state index is 13.9. The third kappa shape index (κ3) is 1.48. The second kappa shape index (κ2) is 3.99. The van der Waals surface area contributed by atoms with Crippen molar-refractivity contribution < 1.29 is 9.18 Å². The molecule has 0 amide bonds. The summed E-state index contributed by atoms with van der Waals surface area (Å²) in [6, 6.07) is -0.118. The maximum Gasteiger partial charge on any atom is 0.293 e. The molecule has 77 valence electrons. The molecule has 3 rings (SSSR count). The van der Waals surface area contributed by atoms with Crippen molar-refractivity contribution in [3.63, 3.8) is 0 Å². The number of carbonyl (C=O) groups excluding carboxylic acids is 1. The zero-order valence-electron chi connectivity index (χ0n) is 8.32. The number of hydrogen-bond donors (Lipinski definition) is 1. The van der Waals surface area contributed by atoms with E-state index in [-0.39, 0.29) is 12.1 Å². The molecule has 2 heterocycles. The molecular weight excluding hydrogens is 182 g/mol. The molecule has 3 aliphatic rings. The summed E-state index contributed by atoms with van der Waals surface area (Å²) in [5, 5.41) is 3.04. The first kappa shape index (κ1) is 10.1. The topological polar surface area (TPSA) is 32.3 Å². The van der Waals surface area contributed by atoms with Gasteiger partial charge in [-0.15, -0.1) is 0 Å². The van der Waals surface area contributed by atoms with Crippen LogP contribution in [-0.4, -0.2) is 50.3 Å². The zero-order valence-corrected chi connectivity index (χ0v) is 8.32. The van der Waals surface area contributed by atoms with Crippen molar-refractivity contribution >= 4 is 13.6 Å². The van der Waals surface area contributed by atoms with Crippen LogP contribution in [0.25, 0.3) is 0 Å². The van der Waals surface area contributed by atoms with E-state index >= 15 is 0 Å². The highest BCUT2D eigenvalue weighted by atomic mass is 19.1. The third-order valence-electron chi connectivity index (χ3n) is 3.51. The third-order valence-corrected chi connectivity index (χ3v) is 3.51. The molecule has 5 heteroatoms. The second-order valence-corrected chi connectivity index (χ2v) is 4.15. The molecule has 2 bridgehead atoms. The SMILES string of the molecule is CN[C@@H]1C2CCC([C@@H]1F)N([B]C=O)C2. The van der Waals surface area contributed by atoms with Crippen LogP contribution in [0.15, 0.2) is 0 Å². The van der Waals surface area contributed by atoms with Crippen LogP contribution in [0.5, 0.6) is 0 Å². The minimum absolute atomic E-state index is 0.0231. The fraction of sp³-hybridized carbons (Fsp3) is 0.889. The molecule has 2 saturated heterocycles. The average molecular weight is 197 g/mol. The van der Waals surface area contributed by atoms with Gasteiger partial charge in [0.25, 0.3) is 7.41 Å². The first-order valence-corrected chi connectivity index (χ1v) is 5.13. The molecule has 1 saturated carbocycles. The number of rotatable bonds is 3. The van der Waals surface area contributed by atoms with E-state index in [1.165, 1.54) is 7.41 Å². The molecule has 1 N–H and O–H groups in total. The van der Waals surface area contributed by atoms with Crippen molar-refractivity contribution in [3.8, 4) is 0 Å². The van der Waals surface area contributed by atoms with Crippen LogP contribution in [0.4, 0.5) is 4.39 Å². The van der Waals surface area contributed by atoms with Crippen molar-refractivity contribution in [1.29, 1.82) is 0 Å². The fourth-order valence-corrected chi connectivity index (χ4v) is 2.83. The van der Waals surface area contributed by atoms with Crippen LogP contribution in [0, 0.1) is 5.92 Å². The Morgan fingerprint density at radius 1 is 1.57 bits per heavy atom. The largest absolute Gasteiger partial charge is 0.334 e. The highest BCUT2D eigenvalue weighted by Gasteiger charge is 2.47. The van der Waals surface area contributed by atoms with Gasteiger partial charge in [0.2, 0.25) is 0 Å². The summed E-state index contributed by atoms with van der Waals surface area (Å²) in [7, 11) is 3.29. The average Bonchev–Trinajstić information content (AvgIpc) is 2.19. The molecule has 3 fully saturated rings. The van der Waals surface area contributed by atoms with E-state index < -0.39 is 6.17 Å². The molecule has 2 unspecified atom stereocenters. The lowest BCUT2D eigenvalue weighted by Gasteiger charge is -2.51. The Balaban J connectivity index is 2.08. The Morgan fingerprint density at radius 2 is 2.36 bits per heavy atom. The fourth-order valence-electron chi connectivity index (χ4n) is 2.83. The summed E-state index contributed by atoms with van der Waals surface area (Å²) in [5.74, 6) is 0.344. The number of piperidine rings is 2. The monoisotopic (exact) mass is 197 g/mol. The minimum Gasteiger partial charge on any atom is -0.334 e. The van der Waals surface area contributed by atoms with Crippen molar-refractivity contribution in [2.75, 3.05) is 13.6 Å². The highest BCUT2D eigenvalue weighted by molar-refractivity contribution is 6.64. The van der Waals surface area contributed by atoms with Crippen LogP contribution in [-0.2, 0) is 4.79 Å². The van der Waals surface area contributed by atoms with Crippen LogP contribution in [0.2, 0.25) is 0 Å². The molecule has 0 spiro atoms. The molecule has 1 radical (unpaired) electrons. The molecule has 2 aliphatic heterocycles. The first-order valence-electron chi connectivity index (χ1n) is 5.13. The van der Waals surface area contributed by atoms with Gasteiger partial charge in [-0.05, 0) is 32.4 Å². The van der Waals surface area contributed by atoms with Crippen LogP contribution in [0.3, 0.4) is 0 Å². The molecule has 0 aromatic rings. The van der Waals surface area contributed by atoms with Crippen molar-refractivity contribution in [2.24, 2.45) is 5.92 Å². The summed E-state index contributed by atoms with van der Waals surface area (Å²) in [6.45, 7) is 0.815. The van der Waals surface area contributed by atoms with Gasteiger partial charge in [0.15, 0.2) is 0 Å². The van der Waals surface area contributed by atoms with Gasteiger partial charge in [0.05, 0.1) is 6.19 Å². The van der Waals surface area contributed by atoms with E-state index in [9.17, 15) is 9.18 Å². The Morgan fingerprint density at radius 3 is 2.93 bits per heavy atom. The number of alkyl halides is 1. The smallest absolute Gasteiger partial charge is 0.293 e. The van der Waals surface area contributed by atoms with Gasteiger partial charge in [0, 0.05) is 12.1 Å². The van der Waals surface area contributed by atoms with Gasteiger partial charge in [-0.2, -0.15) is 0 Å². The summed E-state index contributed by atoms with van der Waals surface area (Å²) < 4.78 is 13.9. The lowest BCUT2D eigenvalue weighted by Crippen LogP contribution is -2.65. The number of fused-ring (bicyclic) bond motifs is 3. The Labute approximate surface area is 84.3 Å². The van der Waals surface area contributed by atoms with E-state index in [0.717, 1.165) is 25.6 Å². The second-order valence-electron chi connectivity index (χ2n) is 4.15. The number of nitrogens with one attached hydrogen (secondary N) is 1.